The maximum atomic E-state index is 13.6. The van der Waals surface area contributed by atoms with Crippen LogP contribution < -0.4 is 19.1 Å². The molecule has 9 heteroatoms. The number of anilines is 1. The van der Waals surface area contributed by atoms with Gasteiger partial charge < -0.3 is 14.8 Å². The summed E-state index contributed by atoms with van der Waals surface area (Å²) in [6.45, 7) is 3.61. The standard InChI is InChI=1S/C27H31FN2O5S/c1-19(2)17-26(20-5-11-23(34-3)12-6-20)29-27(31)18-30(22-9-7-21(28)8-10-22)36(32,33)25-15-13-24(35-4)14-16-25/h5-16,19,26H,17-18H2,1-4H3,(H,29,31)/t26-/m1/s1. The molecule has 0 radical (unpaired) electrons. The number of rotatable bonds is 11. The highest BCUT2D eigenvalue weighted by Gasteiger charge is 2.28. The highest BCUT2D eigenvalue weighted by atomic mass is 32.2. The van der Waals surface area contributed by atoms with Gasteiger partial charge in [-0.2, -0.15) is 0 Å². The number of amides is 1. The number of hydrogen-bond donors (Lipinski definition) is 1. The van der Waals surface area contributed by atoms with Crippen molar-refractivity contribution in [3.8, 4) is 11.5 Å². The number of benzene rings is 3. The van der Waals surface area contributed by atoms with E-state index in [1.54, 1.807) is 7.11 Å². The van der Waals surface area contributed by atoms with E-state index in [2.05, 4.69) is 5.32 Å². The number of halogens is 1. The summed E-state index contributed by atoms with van der Waals surface area (Å²) in [4.78, 5) is 13.2. The zero-order valence-electron chi connectivity index (χ0n) is 20.8. The van der Waals surface area contributed by atoms with Crippen molar-refractivity contribution in [2.45, 2.75) is 31.2 Å². The van der Waals surface area contributed by atoms with Crippen LogP contribution in [0.15, 0.2) is 77.7 Å². The summed E-state index contributed by atoms with van der Waals surface area (Å²) in [6.07, 6.45) is 0.653. The van der Waals surface area contributed by atoms with Gasteiger partial charge >= 0.3 is 0 Å². The van der Waals surface area contributed by atoms with E-state index < -0.39 is 28.3 Å². The first-order valence-electron chi connectivity index (χ1n) is 11.5. The molecule has 1 atom stereocenters. The van der Waals surface area contributed by atoms with E-state index >= 15 is 0 Å². The number of nitrogens with zero attached hydrogens (tertiary/aromatic N) is 1. The normalized spacial score (nSPS) is 12.2. The average molecular weight is 515 g/mol. The third-order valence-electron chi connectivity index (χ3n) is 5.61. The van der Waals surface area contributed by atoms with Crippen LogP contribution in [0.3, 0.4) is 0 Å². The van der Waals surface area contributed by atoms with Crippen LogP contribution in [0, 0.1) is 11.7 Å². The Labute approximate surface area is 211 Å². The quantitative estimate of drug-likeness (QED) is 0.392. The second-order valence-corrected chi connectivity index (χ2v) is 10.5. The molecule has 0 unspecified atom stereocenters. The van der Waals surface area contributed by atoms with E-state index in [0.717, 1.165) is 22.0 Å². The van der Waals surface area contributed by atoms with Crippen molar-refractivity contribution in [1.82, 2.24) is 5.32 Å². The van der Waals surface area contributed by atoms with E-state index in [-0.39, 0.29) is 22.5 Å². The average Bonchev–Trinajstić information content (AvgIpc) is 2.87. The summed E-state index contributed by atoms with van der Waals surface area (Å²) in [5.74, 6) is 0.463. The van der Waals surface area contributed by atoms with Crippen molar-refractivity contribution >= 4 is 21.6 Å². The highest BCUT2D eigenvalue weighted by Crippen LogP contribution is 2.27. The molecule has 3 aromatic carbocycles. The van der Waals surface area contributed by atoms with Crippen LogP contribution in [0.5, 0.6) is 11.5 Å². The maximum absolute atomic E-state index is 13.6. The third-order valence-corrected chi connectivity index (χ3v) is 7.40. The van der Waals surface area contributed by atoms with Gasteiger partial charge in [0.15, 0.2) is 0 Å². The molecule has 3 aromatic rings. The molecule has 0 spiro atoms. The fourth-order valence-electron chi connectivity index (χ4n) is 3.75. The molecule has 0 saturated carbocycles. The van der Waals surface area contributed by atoms with Gasteiger partial charge in [-0.25, -0.2) is 12.8 Å². The zero-order chi connectivity index (χ0) is 26.3. The molecule has 0 heterocycles. The number of carbonyl (C=O) groups is 1. The molecule has 0 bridgehead atoms. The van der Waals surface area contributed by atoms with Gasteiger partial charge in [0.05, 0.1) is 30.8 Å². The van der Waals surface area contributed by atoms with Gasteiger partial charge in [0.1, 0.15) is 23.9 Å². The summed E-state index contributed by atoms with van der Waals surface area (Å²) in [5, 5.41) is 2.98. The molecule has 0 aromatic heterocycles. The summed E-state index contributed by atoms with van der Waals surface area (Å²) >= 11 is 0. The minimum Gasteiger partial charge on any atom is -0.497 e. The molecule has 3 rings (SSSR count). The van der Waals surface area contributed by atoms with Gasteiger partial charge in [-0.05, 0) is 78.6 Å². The van der Waals surface area contributed by atoms with Crippen LogP contribution in [-0.2, 0) is 14.8 Å². The smallest absolute Gasteiger partial charge is 0.264 e. The molecule has 36 heavy (non-hydrogen) atoms. The van der Waals surface area contributed by atoms with Crippen molar-refractivity contribution in [2.24, 2.45) is 5.92 Å². The minimum atomic E-state index is -4.14. The first-order valence-corrected chi connectivity index (χ1v) is 12.9. The molecule has 0 saturated heterocycles. The second-order valence-electron chi connectivity index (χ2n) is 8.69. The number of sulfonamides is 1. The van der Waals surface area contributed by atoms with Crippen molar-refractivity contribution in [1.29, 1.82) is 0 Å². The van der Waals surface area contributed by atoms with Gasteiger partial charge in [-0.3, -0.25) is 9.10 Å². The molecule has 0 aliphatic rings. The molecule has 0 aliphatic carbocycles. The zero-order valence-corrected chi connectivity index (χ0v) is 21.6. The Hall–Kier alpha value is -3.59. The van der Waals surface area contributed by atoms with Gasteiger partial charge in [0.2, 0.25) is 5.91 Å². The maximum Gasteiger partial charge on any atom is 0.264 e. The lowest BCUT2D eigenvalue weighted by Gasteiger charge is -2.26. The number of carbonyl (C=O) groups excluding carboxylic acids is 1. The SMILES string of the molecule is COc1ccc([C@@H](CC(C)C)NC(=O)CN(c2ccc(F)cc2)S(=O)(=O)c2ccc(OC)cc2)cc1. The number of methoxy groups -OCH3 is 2. The Morgan fingerprint density at radius 1 is 0.889 bits per heavy atom. The first-order chi connectivity index (χ1) is 17.1. The predicted octanol–water partition coefficient (Wildman–Crippen LogP) is 4.94. The van der Waals surface area contributed by atoms with Crippen molar-refractivity contribution < 1.29 is 27.1 Å². The molecule has 0 aliphatic heterocycles. The van der Waals surface area contributed by atoms with Crippen LogP contribution in [0.1, 0.15) is 31.9 Å². The van der Waals surface area contributed by atoms with Crippen LogP contribution in [0.4, 0.5) is 10.1 Å². The lowest BCUT2D eigenvalue weighted by atomic mass is 9.97. The number of hydrogen-bond acceptors (Lipinski definition) is 5. The van der Waals surface area contributed by atoms with Gasteiger partial charge in [0.25, 0.3) is 10.0 Å². The predicted molar refractivity (Wildman–Crippen MR) is 137 cm³/mol. The van der Waals surface area contributed by atoms with Crippen molar-refractivity contribution in [2.75, 3.05) is 25.1 Å². The summed E-state index contributed by atoms with van der Waals surface area (Å²) in [6, 6.07) is 17.9. The van der Waals surface area contributed by atoms with Crippen molar-refractivity contribution in [3.05, 3.63) is 84.2 Å². The Balaban J connectivity index is 1.91. The monoisotopic (exact) mass is 514 g/mol. The van der Waals surface area contributed by atoms with Gasteiger partial charge in [0, 0.05) is 0 Å². The second kappa shape index (κ2) is 11.9. The lowest BCUT2D eigenvalue weighted by molar-refractivity contribution is -0.120. The molecule has 192 valence electrons. The minimum absolute atomic E-state index is 0.0192. The molecular formula is C27H31FN2O5S. The lowest BCUT2D eigenvalue weighted by Crippen LogP contribution is -2.42. The van der Waals surface area contributed by atoms with E-state index in [9.17, 15) is 17.6 Å². The first kappa shape index (κ1) is 27.0. The van der Waals surface area contributed by atoms with E-state index in [1.807, 2.05) is 38.1 Å². The summed E-state index contributed by atoms with van der Waals surface area (Å²) < 4.78 is 52.0. The number of ether oxygens (including phenoxy) is 2. The largest absolute Gasteiger partial charge is 0.497 e. The molecule has 1 N–H and O–H groups in total. The fraction of sp³-hybridized carbons (Fsp3) is 0.296. The third kappa shape index (κ3) is 6.75. The van der Waals surface area contributed by atoms with Gasteiger partial charge in [-0.1, -0.05) is 26.0 Å². The Kier molecular flexibility index (Phi) is 8.93. The Morgan fingerprint density at radius 3 is 1.92 bits per heavy atom. The molecule has 0 fully saturated rings. The summed E-state index contributed by atoms with van der Waals surface area (Å²) in [5.41, 5.74) is 1.05. The van der Waals surface area contributed by atoms with Crippen LogP contribution in [-0.4, -0.2) is 35.1 Å². The van der Waals surface area contributed by atoms with Crippen molar-refractivity contribution in [3.63, 3.8) is 0 Å². The van der Waals surface area contributed by atoms with Crippen LogP contribution in [0.25, 0.3) is 0 Å². The Morgan fingerprint density at radius 2 is 1.42 bits per heavy atom. The van der Waals surface area contributed by atoms with E-state index in [0.29, 0.717) is 17.9 Å². The Bertz CT molecular complexity index is 1240. The molecule has 7 nitrogen and oxygen atoms in total. The van der Waals surface area contributed by atoms with Gasteiger partial charge in [-0.15, -0.1) is 0 Å². The number of nitrogens with one attached hydrogen (secondary N) is 1. The topological polar surface area (TPSA) is 84.9 Å². The van der Waals surface area contributed by atoms with E-state index in [1.165, 1.54) is 43.5 Å². The fourth-order valence-corrected chi connectivity index (χ4v) is 5.17. The molecular weight excluding hydrogens is 483 g/mol. The summed E-state index contributed by atoms with van der Waals surface area (Å²) in [7, 11) is -1.08. The molecule has 1 amide bonds. The van der Waals surface area contributed by atoms with Crippen LogP contribution in [0.2, 0.25) is 0 Å². The van der Waals surface area contributed by atoms with Crippen LogP contribution >= 0.6 is 0 Å². The van der Waals surface area contributed by atoms with E-state index in [4.69, 9.17) is 9.47 Å². The highest BCUT2D eigenvalue weighted by molar-refractivity contribution is 7.92.